The van der Waals surface area contributed by atoms with Crippen LogP contribution in [0, 0.1) is 5.41 Å². The molecule has 3 heteroatoms. The Bertz CT molecular complexity index is 193. The van der Waals surface area contributed by atoms with Crippen LogP contribution in [0.5, 0.6) is 0 Å². The van der Waals surface area contributed by atoms with E-state index in [-0.39, 0.29) is 17.8 Å². The van der Waals surface area contributed by atoms with E-state index in [2.05, 4.69) is 6.92 Å². The maximum atomic E-state index is 9.07. The fourth-order valence-corrected chi connectivity index (χ4v) is 2.69. The summed E-state index contributed by atoms with van der Waals surface area (Å²) in [5.41, 5.74) is 0.133. The van der Waals surface area contributed by atoms with E-state index in [1.54, 1.807) is 0 Å². The van der Waals surface area contributed by atoms with E-state index < -0.39 is 0 Å². The molecule has 0 atom stereocenters. The first-order valence-corrected chi connectivity index (χ1v) is 5.67. The van der Waals surface area contributed by atoms with Gasteiger partial charge in [-0.2, -0.15) is 0 Å². The highest BCUT2D eigenvalue weighted by molar-refractivity contribution is 5.05. The minimum atomic E-state index is -0.357. The molecule has 0 spiro atoms. The van der Waals surface area contributed by atoms with Crippen LogP contribution in [-0.2, 0) is 9.47 Å². The summed E-state index contributed by atoms with van der Waals surface area (Å²) in [5, 5.41) is 9.07. The molecule has 1 heterocycles. The Morgan fingerprint density at radius 1 is 1.14 bits per heavy atom. The lowest BCUT2D eigenvalue weighted by Gasteiger charge is -2.35. The molecule has 0 aromatic heterocycles. The molecule has 1 N–H and O–H groups in total. The smallest absolute Gasteiger partial charge is 0.174 e. The predicted molar refractivity (Wildman–Crippen MR) is 52.9 cm³/mol. The first kappa shape index (κ1) is 10.4. The number of aliphatic hydroxyl groups excluding tert-OH is 1. The van der Waals surface area contributed by atoms with Crippen molar-refractivity contribution in [2.24, 2.45) is 5.41 Å². The summed E-state index contributed by atoms with van der Waals surface area (Å²) < 4.78 is 11.7. The van der Waals surface area contributed by atoms with E-state index in [1.165, 1.54) is 0 Å². The molecule has 1 saturated carbocycles. The molecule has 0 radical (unpaired) electrons. The topological polar surface area (TPSA) is 38.7 Å². The van der Waals surface area contributed by atoms with Crippen molar-refractivity contribution >= 4 is 0 Å². The SMILES string of the molecule is CCCC1(C2(CCO)CC2)OCCO1. The average Bonchev–Trinajstić information content (AvgIpc) is 2.80. The van der Waals surface area contributed by atoms with Crippen molar-refractivity contribution in [3.63, 3.8) is 0 Å². The molecular weight excluding hydrogens is 180 g/mol. The van der Waals surface area contributed by atoms with E-state index >= 15 is 0 Å². The van der Waals surface area contributed by atoms with Crippen LogP contribution in [-0.4, -0.2) is 30.7 Å². The molecule has 2 aliphatic rings. The highest BCUT2D eigenvalue weighted by Gasteiger charge is 2.61. The minimum absolute atomic E-state index is 0.133. The largest absolute Gasteiger partial charge is 0.396 e. The fraction of sp³-hybridized carbons (Fsp3) is 1.00. The van der Waals surface area contributed by atoms with Crippen LogP contribution >= 0.6 is 0 Å². The molecule has 0 aromatic carbocycles. The van der Waals surface area contributed by atoms with Crippen LogP contribution in [0.1, 0.15) is 39.0 Å². The number of rotatable bonds is 5. The van der Waals surface area contributed by atoms with Crippen LogP contribution in [0.3, 0.4) is 0 Å². The Morgan fingerprint density at radius 2 is 1.79 bits per heavy atom. The summed E-state index contributed by atoms with van der Waals surface area (Å²) in [4.78, 5) is 0. The maximum Gasteiger partial charge on any atom is 0.174 e. The lowest BCUT2D eigenvalue weighted by Crippen LogP contribution is -2.41. The van der Waals surface area contributed by atoms with Gasteiger partial charge in [0.05, 0.1) is 13.2 Å². The van der Waals surface area contributed by atoms with E-state index in [0.29, 0.717) is 13.2 Å². The Kier molecular flexibility index (Phi) is 2.82. The van der Waals surface area contributed by atoms with Crippen LogP contribution in [0.25, 0.3) is 0 Å². The molecule has 0 amide bonds. The van der Waals surface area contributed by atoms with Gasteiger partial charge >= 0.3 is 0 Å². The molecule has 82 valence electrons. The summed E-state index contributed by atoms with van der Waals surface area (Å²) in [6, 6.07) is 0. The monoisotopic (exact) mass is 200 g/mol. The van der Waals surface area contributed by atoms with Crippen molar-refractivity contribution < 1.29 is 14.6 Å². The van der Waals surface area contributed by atoms with Gasteiger partial charge in [-0.1, -0.05) is 13.3 Å². The molecule has 1 aliphatic carbocycles. The quantitative estimate of drug-likeness (QED) is 0.734. The highest BCUT2D eigenvalue weighted by Crippen LogP contribution is 2.61. The Hall–Kier alpha value is -0.120. The molecule has 0 bridgehead atoms. The van der Waals surface area contributed by atoms with Crippen LogP contribution in [0.2, 0.25) is 0 Å². The number of ether oxygens (including phenoxy) is 2. The van der Waals surface area contributed by atoms with Gasteiger partial charge in [0.25, 0.3) is 0 Å². The average molecular weight is 200 g/mol. The number of aliphatic hydroxyl groups is 1. The van der Waals surface area contributed by atoms with E-state index in [9.17, 15) is 0 Å². The minimum Gasteiger partial charge on any atom is -0.396 e. The molecule has 1 saturated heterocycles. The van der Waals surface area contributed by atoms with E-state index in [4.69, 9.17) is 14.6 Å². The van der Waals surface area contributed by atoms with Crippen LogP contribution in [0.15, 0.2) is 0 Å². The predicted octanol–water partition coefficient (Wildman–Crippen LogP) is 1.69. The zero-order chi connectivity index (χ0) is 10.1. The van der Waals surface area contributed by atoms with Gasteiger partial charge in [0.2, 0.25) is 0 Å². The van der Waals surface area contributed by atoms with Gasteiger partial charge in [-0.3, -0.25) is 0 Å². The van der Waals surface area contributed by atoms with Crippen LogP contribution < -0.4 is 0 Å². The second-order valence-electron chi connectivity index (χ2n) is 4.45. The van der Waals surface area contributed by atoms with Gasteiger partial charge in [0.1, 0.15) is 0 Å². The third kappa shape index (κ3) is 1.47. The summed E-state index contributed by atoms with van der Waals surface area (Å²) in [7, 11) is 0. The van der Waals surface area contributed by atoms with Gasteiger partial charge in [0.15, 0.2) is 5.79 Å². The molecule has 1 aliphatic heterocycles. The van der Waals surface area contributed by atoms with Crippen molar-refractivity contribution in [2.45, 2.75) is 44.8 Å². The lowest BCUT2D eigenvalue weighted by atomic mass is 9.88. The maximum absolute atomic E-state index is 9.07. The molecule has 2 fully saturated rings. The fourth-order valence-electron chi connectivity index (χ4n) is 2.69. The van der Waals surface area contributed by atoms with Crippen LogP contribution in [0.4, 0.5) is 0 Å². The summed E-state index contributed by atoms with van der Waals surface area (Å²) in [5.74, 6) is -0.357. The number of hydrogen-bond donors (Lipinski definition) is 1. The second kappa shape index (κ2) is 3.80. The number of hydrogen-bond acceptors (Lipinski definition) is 3. The molecule has 0 unspecified atom stereocenters. The van der Waals surface area contributed by atoms with Gasteiger partial charge in [0, 0.05) is 18.4 Å². The summed E-state index contributed by atoms with van der Waals surface area (Å²) in [6.45, 7) is 3.83. The lowest BCUT2D eigenvalue weighted by molar-refractivity contribution is -0.214. The zero-order valence-electron chi connectivity index (χ0n) is 8.92. The highest BCUT2D eigenvalue weighted by atomic mass is 16.7. The van der Waals surface area contributed by atoms with Crippen molar-refractivity contribution in [1.29, 1.82) is 0 Å². The Balaban J connectivity index is 2.09. The molecule has 14 heavy (non-hydrogen) atoms. The first-order chi connectivity index (χ1) is 6.79. The van der Waals surface area contributed by atoms with Gasteiger partial charge in [-0.15, -0.1) is 0 Å². The zero-order valence-corrected chi connectivity index (χ0v) is 8.92. The second-order valence-corrected chi connectivity index (χ2v) is 4.45. The Labute approximate surface area is 85.4 Å². The standard InChI is InChI=1S/C11H20O3/c1-2-3-11(13-8-9-14-11)10(4-5-10)6-7-12/h12H,2-9H2,1H3. The van der Waals surface area contributed by atoms with E-state index in [0.717, 1.165) is 32.1 Å². The van der Waals surface area contributed by atoms with Crippen molar-refractivity contribution in [3.8, 4) is 0 Å². The summed E-state index contributed by atoms with van der Waals surface area (Å²) >= 11 is 0. The third-order valence-corrected chi connectivity index (χ3v) is 3.58. The first-order valence-electron chi connectivity index (χ1n) is 5.67. The molecular formula is C11H20O3. The molecule has 2 rings (SSSR count). The van der Waals surface area contributed by atoms with Gasteiger partial charge in [-0.25, -0.2) is 0 Å². The van der Waals surface area contributed by atoms with Gasteiger partial charge in [-0.05, 0) is 19.3 Å². The Morgan fingerprint density at radius 3 is 2.21 bits per heavy atom. The third-order valence-electron chi connectivity index (χ3n) is 3.58. The van der Waals surface area contributed by atoms with Crippen molar-refractivity contribution in [3.05, 3.63) is 0 Å². The van der Waals surface area contributed by atoms with Crippen molar-refractivity contribution in [2.75, 3.05) is 19.8 Å². The summed E-state index contributed by atoms with van der Waals surface area (Å²) in [6.07, 6.45) is 5.16. The molecule has 3 nitrogen and oxygen atoms in total. The van der Waals surface area contributed by atoms with Crippen molar-refractivity contribution in [1.82, 2.24) is 0 Å². The van der Waals surface area contributed by atoms with Gasteiger partial charge < -0.3 is 14.6 Å². The normalized spacial score (nSPS) is 27.9. The van der Waals surface area contributed by atoms with E-state index in [1.807, 2.05) is 0 Å². The molecule has 0 aromatic rings.